The molecule has 0 radical (unpaired) electrons. The molecule has 3 N–H and O–H groups in total. The van der Waals surface area contributed by atoms with Gasteiger partial charge in [0.25, 0.3) is 0 Å². The van der Waals surface area contributed by atoms with Crippen molar-refractivity contribution in [3.05, 3.63) is 64.0 Å². The largest absolute Gasteiger partial charge is 0.398 e. The molecule has 3 nitrogen and oxygen atoms in total. The molecule has 0 saturated heterocycles. The molecule has 20 heavy (non-hydrogen) atoms. The number of hydrogen-bond acceptors (Lipinski definition) is 2. The van der Waals surface area contributed by atoms with Crippen molar-refractivity contribution in [1.29, 1.82) is 0 Å². The first-order valence-corrected chi connectivity index (χ1v) is 6.72. The highest BCUT2D eigenvalue weighted by atomic mass is 79.9. The van der Waals surface area contributed by atoms with E-state index in [0.29, 0.717) is 32.2 Å². The number of nitrogen functional groups attached to an aromatic ring is 1. The number of anilines is 1. The van der Waals surface area contributed by atoms with E-state index in [4.69, 9.17) is 5.73 Å². The molecule has 0 spiro atoms. The first kappa shape index (κ1) is 12.9. The molecular weight excluding hydrogens is 323 g/mol. The van der Waals surface area contributed by atoms with Gasteiger partial charge in [0.1, 0.15) is 5.82 Å². The van der Waals surface area contributed by atoms with Crippen LogP contribution in [0.3, 0.4) is 0 Å². The van der Waals surface area contributed by atoms with E-state index in [2.05, 4.69) is 20.9 Å². The summed E-state index contributed by atoms with van der Waals surface area (Å²) in [6.45, 7) is 0. The second-order valence-corrected chi connectivity index (χ2v) is 5.22. The molecule has 0 unspecified atom stereocenters. The van der Waals surface area contributed by atoms with Crippen LogP contribution in [0.1, 0.15) is 15.9 Å². The fraction of sp³-hybridized carbons (Fsp3) is 0. The Morgan fingerprint density at radius 3 is 2.80 bits per heavy atom. The summed E-state index contributed by atoms with van der Waals surface area (Å²) in [5, 5.41) is 0.686. The van der Waals surface area contributed by atoms with Crippen molar-refractivity contribution in [3.8, 4) is 0 Å². The first-order valence-electron chi connectivity index (χ1n) is 5.93. The number of carbonyl (C=O) groups excluding carboxylic acids is 1. The monoisotopic (exact) mass is 332 g/mol. The average Bonchev–Trinajstić information content (AvgIpc) is 2.84. The molecular formula is C15H10BrFN2O. The highest BCUT2D eigenvalue weighted by molar-refractivity contribution is 9.10. The maximum atomic E-state index is 13.2. The summed E-state index contributed by atoms with van der Waals surface area (Å²) in [5.74, 6) is -0.509. The third kappa shape index (κ3) is 2.00. The second-order valence-electron chi connectivity index (χ2n) is 4.43. The Kier molecular flexibility index (Phi) is 3.06. The lowest BCUT2D eigenvalue weighted by molar-refractivity contribution is 0.103. The van der Waals surface area contributed by atoms with Crippen LogP contribution in [0.5, 0.6) is 0 Å². The van der Waals surface area contributed by atoms with Crippen LogP contribution in [-0.2, 0) is 0 Å². The van der Waals surface area contributed by atoms with Gasteiger partial charge in [-0.15, -0.1) is 0 Å². The zero-order valence-corrected chi connectivity index (χ0v) is 11.9. The highest BCUT2D eigenvalue weighted by Crippen LogP contribution is 2.28. The van der Waals surface area contributed by atoms with E-state index < -0.39 is 0 Å². The Labute approximate surface area is 122 Å². The van der Waals surface area contributed by atoms with Gasteiger partial charge in [-0.25, -0.2) is 4.39 Å². The molecule has 5 heteroatoms. The smallest absolute Gasteiger partial charge is 0.196 e. The Hall–Kier alpha value is -2.14. The molecule has 0 aliphatic carbocycles. The summed E-state index contributed by atoms with van der Waals surface area (Å²) in [4.78, 5) is 15.5. The summed E-state index contributed by atoms with van der Waals surface area (Å²) in [5.41, 5.74) is 7.85. The van der Waals surface area contributed by atoms with Gasteiger partial charge in [0.05, 0.1) is 4.47 Å². The fourth-order valence-electron chi connectivity index (χ4n) is 2.16. The van der Waals surface area contributed by atoms with Gasteiger partial charge in [-0.2, -0.15) is 0 Å². The molecule has 1 heterocycles. The van der Waals surface area contributed by atoms with Crippen LogP contribution in [0.2, 0.25) is 0 Å². The van der Waals surface area contributed by atoms with E-state index in [1.165, 1.54) is 12.1 Å². The van der Waals surface area contributed by atoms with Crippen LogP contribution in [-0.4, -0.2) is 10.8 Å². The van der Waals surface area contributed by atoms with Crippen LogP contribution < -0.4 is 5.73 Å². The third-order valence-corrected chi connectivity index (χ3v) is 4.05. The van der Waals surface area contributed by atoms with Crippen LogP contribution >= 0.6 is 15.9 Å². The van der Waals surface area contributed by atoms with Crippen LogP contribution in [0.4, 0.5) is 10.1 Å². The number of carbonyl (C=O) groups is 1. The number of nitrogens with two attached hydrogens (primary N) is 1. The van der Waals surface area contributed by atoms with E-state index >= 15 is 0 Å². The number of aromatic amines is 1. The number of benzene rings is 2. The normalized spacial score (nSPS) is 10.9. The maximum Gasteiger partial charge on any atom is 0.196 e. The minimum Gasteiger partial charge on any atom is -0.398 e. The van der Waals surface area contributed by atoms with Gasteiger partial charge >= 0.3 is 0 Å². The summed E-state index contributed by atoms with van der Waals surface area (Å²) < 4.78 is 13.7. The van der Waals surface area contributed by atoms with Crippen molar-refractivity contribution < 1.29 is 9.18 Å². The third-order valence-electron chi connectivity index (χ3n) is 3.16. The van der Waals surface area contributed by atoms with Gasteiger partial charge in [-0.3, -0.25) is 4.79 Å². The Morgan fingerprint density at radius 2 is 2.00 bits per heavy atom. The molecule has 0 saturated carbocycles. The average molecular weight is 333 g/mol. The van der Waals surface area contributed by atoms with Crippen molar-refractivity contribution in [1.82, 2.24) is 4.98 Å². The van der Waals surface area contributed by atoms with Crippen molar-refractivity contribution in [3.63, 3.8) is 0 Å². The van der Waals surface area contributed by atoms with Gasteiger partial charge in [0.15, 0.2) is 5.78 Å². The van der Waals surface area contributed by atoms with Gasteiger partial charge in [0, 0.05) is 33.9 Å². The first-order chi connectivity index (χ1) is 9.58. The number of aromatic nitrogens is 1. The molecule has 2 aromatic carbocycles. The molecule has 3 rings (SSSR count). The quantitative estimate of drug-likeness (QED) is 0.552. The van der Waals surface area contributed by atoms with E-state index in [-0.39, 0.29) is 11.6 Å². The number of halogens is 2. The Bertz CT molecular complexity index is 826. The number of fused-ring (bicyclic) bond motifs is 1. The lowest BCUT2D eigenvalue weighted by Gasteiger charge is -2.05. The van der Waals surface area contributed by atoms with Gasteiger partial charge in [0.2, 0.25) is 0 Å². The van der Waals surface area contributed by atoms with Crippen molar-refractivity contribution in [2.45, 2.75) is 0 Å². The maximum absolute atomic E-state index is 13.2. The summed E-state index contributed by atoms with van der Waals surface area (Å²) in [6, 6.07) is 9.43. The molecule has 0 fully saturated rings. The molecule has 100 valence electrons. The SMILES string of the molecule is Nc1cccc(C(=O)c2c[nH]c3cc(F)ccc23)c1Br. The number of H-pyrrole nitrogens is 1. The fourth-order valence-corrected chi connectivity index (χ4v) is 2.60. The number of rotatable bonds is 2. The molecule has 0 atom stereocenters. The molecule has 0 amide bonds. The van der Waals surface area contributed by atoms with Gasteiger partial charge < -0.3 is 10.7 Å². The van der Waals surface area contributed by atoms with E-state index in [0.717, 1.165) is 0 Å². The van der Waals surface area contributed by atoms with Crippen LogP contribution in [0, 0.1) is 5.82 Å². The molecule has 0 bridgehead atoms. The van der Waals surface area contributed by atoms with Gasteiger partial charge in [-0.1, -0.05) is 6.07 Å². The van der Waals surface area contributed by atoms with Crippen molar-refractivity contribution in [2.24, 2.45) is 0 Å². The van der Waals surface area contributed by atoms with E-state index in [1.54, 1.807) is 30.5 Å². The molecule has 3 aromatic rings. The molecule has 1 aromatic heterocycles. The number of ketones is 1. The standard InChI is InChI=1S/C15H10BrFN2O/c16-14-10(2-1-3-12(14)18)15(20)11-7-19-13-6-8(17)4-5-9(11)13/h1-7,19H,18H2. The zero-order chi connectivity index (χ0) is 14.3. The zero-order valence-electron chi connectivity index (χ0n) is 10.3. The van der Waals surface area contributed by atoms with E-state index in [1.807, 2.05) is 0 Å². The molecule has 0 aliphatic rings. The summed E-state index contributed by atoms with van der Waals surface area (Å²) in [6.07, 6.45) is 1.59. The van der Waals surface area contributed by atoms with Crippen LogP contribution in [0.15, 0.2) is 47.1 Å². The highest BCUT2D eigenvalue weighted by Gasteiger charge is 2.17. The van der Waals surface area contributed by atoms with Crippen LogP contribution in [0.25, 0.3) is 10.9 Å². The predicted molar refractivity (Wildman–Crippen MR) is 80.2 cm³/mol. The summed E-state index contributed by atoms with van der Waals surface area (Å²) in [7, 11) is 0. The lowest BCUT2D eigenvalue weighted by Crippen LogP contribution is -2.03. The minimum atomic E-state index is -0.344. The lowest BCUT2D eigenvalue weighted by atomic mass is 10.0. The second kappa shape index (κ2) is 4.76. The van der Waals surface area contributed by atoms with E-state index in [9.17, 15) is 9.18 Å². The predicted octanol–water partition coefficient (Wildman–Crippen LogP) is 3.88. The summed E-state index contributed by atoms with van der Waals surface area (Å²) >= 11 is 3.33. The van der Waals surface area contributed by atoms with Gasteiger partial charge in [-0.05, 0) is 46.3 Å². The number of hydrogen-bond donors (Lipinski definition) is 2. The minimum absolute atomic E-state index is 0.165. The Morgan fingerprint density at radius 1 is 1.20 bits per heavy atom. The van der Waals surface area contributed by atoms with Crippen molar-refractivity contribution >= 4 is 38.3 Å². The Balaban J connectivity index is 2.16. The van der Waals surface area contributed by atoms with Crippen molar-refractivity contribution in [2.75, 3.05) is 5.73 Å². The number of nitrogens with one attached hydrogen (secondary N) is 1. The topological polar surface area (TPSA) is 58.9 Å². The molecule has 0 aliphatic heterocycles.